The molecular weight excluding hydrogens is 652 g/mol. The van der Waals surface area contributed by atoms with Gasteiger partial charge in [-0.2, -0.15) is 0 Å². The zero-order valence-corrected chi connectivity index (χ0v) is 26.8. The number of amides is 2. The number of carbonyl (C=O) groups is 3. The number of fused-ring (bicyclic) bond motifs is 3. The lowest BCUT2D eigenvalue weighted by molar-refractivity contribution is -0.141. The lowest BCUT2D eigenvalue weighted by atomic mass is 9.58. The van der Waals surface area contributed by atoms with Gasteiger partial charge in [0.05, 0.1) is 28.6 Å². The van der Waals surface area contributed by atoms with Crippen molar-refractivity contribution in [2.45, 2.75) is 84.1 Å². The predicted molar refractivity (Wildman–Crippen MR) is 168 cm³/mol. The summed E-state index contributed by atoms with van der Waals surface area (Å²) >= 11 is 2.09. The first-order valence-corrected chi connectivity index (χ1v) is 16.0. The van der Waals surface area contributed by atoms with Gasteiger partial charge >= 0.3 is 13.1 Å². The molecule has 0 aromatic heterocycles. The van der Waals surface area contributed by atoms with E-state index in [1.165, 1.54) is 17.6 Å². The van der Waals surface area contributed by atoms with E-state index < -0.39 is 24.9 Å². The Morgan fingerprint density at radius 2 is 1.93 bits per heavy atom. The molecule has 9 nitrogen and oxygen atoms in total. The van der Waals surface area contributed by atoms with Crippen LogP contribution in [-0.4, -0.2) is 64.8 Å². The van der Waals surface area contributed by atoms with Crippen LogP contribution in [0.15, 0.2) is 28.9 Å². The van der Waals surface area contributed by atoms with Gasteiger partial charge in [-0.15, -0.1) is 0 Å². The second-order valence-corrected chi connectivity index (χ2v) is 12.8. The first-order valence-electron chi connectivity index (χ1n) is 14.9. The van der Waals surface area contributed by atoms with Crippen molar-refractivity contribution < 1.29 is 39.0 Å². The number of benzene rings is 1. The highest BCUT2D eigenvalue weighted by atomic mass is 127. The van der Waals surface area contributed by atoms with E-state index in [2.05, 4.69) is 35.6 Å². The third kappa shape index (κ3) is 7.22. The molecule has 0 spiro atoms. The molecule has 2 aliphatic heterocycles. The summed E-state index contributed by atoms with van der Waals surface area (Å²) in [6.07, 6.45) is 7.63. The zero-order chi connectivity index (χ0) is 30.6. The number of phenolic OH excluding ortho intramolecular Hbond substituents is 1. The molecule has 2 heterocycles. The summed E-state index contributed by atoms with van der Waals surface area (Å²) in [6.45, 7) is 4.45. The molecule has 4 rings (SSSR count). The van der Waals surface area contributed by atoms with E-state index in [4.69, 9.17) is 14.5 Å². The van der Waals surface area contributed by atoms with Crippen molar-refractivity contribution in [1.82, 2.24) is 4.90 Å². The van der Waals surface area contributed by atoms with E-state index in [1.54, 1.807) is 0 Å². The Labute approximate surface area is 261 Å². The number of ether oxygens (including phenoxy) is 1. The third-order valence-electron chi connectivity index (χ3n) is 8.76. The molecule has 0 bridgehead atoms. The van der Waals surface area contributed by atoms with Crippen molar-refractivity contribution in [1.29, 1.82) is 0 Å². The number of phenols is 1. The minimum atomic E-state index is -1.01. The van der Waals surface area contributed by atoms with Gasteiger partial charge in [-0.25, -0.2) is 0 Å². The van der Waals surface area contributed by atoms with E-state index in [1.807, 2.05) is 19.1 Å². The van der Waals surface area contributed by atoms with E-state index in [-0.39, 0.29) is 36.0 Å². The second kappa shape index (κ2) is 14.4. The Morgan fingerprint density at radius 1 is 1.17 bits per heavy atom. The first-order chi connectivity index (χ1) is 20.0. The number of carboxylic acids is 1. The largest absolute Gasteiger partial charge is 0.504 e. The Balaban J connectivity index is 1.49. The smallest absolute Gasteiger partial charge is 0.455 e. The van der Waals surface area contributed by atoms with Crippen LogP contribution in [0.1, 0.15) is 77.2 Å². The lowest BCUT2D eigenvalue weighted by Crippen LogP contribution is -2.46. The Kier molecular flexibility index (Phi) is 11.2. The van der Waals surface area contributed by atoms with E-state index in [0.717, 1.165) is 36.0 Å². The topological polar surface area (TPSA) is 134 Å². The van der Waals surface area contributed by atoms with Gasteiger partial charge in [0, 0.05) is 13.0 Å². The first kappa shape index (κ1) is 32.5. The average Bonchev–Trinajstić information content (AvgIpc) is 3.17. The number of imide groups is 1. The summed E-state index contributed by atoms with van der Waals surface area (Å²) < 4.78 is 12.1. The van der Waals surface area contributed by atoms with Crippen molar-refractivity contribution >= 4 is 53.6 Å². The summed E-state index contributed by atoms with van der Waals surface area (Å²) in [5.74, 6) is -1.77. The maximum atomic E-state index is 13.6. The third-order valence-corrected chi connectivity index (χ3v) is 9.58. The molecule has 2 saturated heterocycles. The fraction of sp³-hybridized carbons (Fsp3) is 0.581. The van der Waals surface area contributed by atoms with Crippen molar-refractivity contribution in [3.63, 3.8) is 0 Å². The van der Waals surface area contributed by atoms with E-state index in [0.29, 0.717) is 54.3 Å². The fourth-order valence-corrected chi connectivity index (χ4v) is 7.53. The number of carboxylic acid groups (broad SMARTS) is 1. The predicted octanol–water partition coefficient (Wildman–Crippen LogP) is 5.43. The number of likely N-dealkylation sites (tertiary alicyclic amines) is 1. The van der Waals surface area contributed by atoms with Gasteiger partial charge in [-0.3, -0.25) is 19.3 Å². The number of nitrogens with zero attached hydrogens (tertiary/aromatic N) is 1. The molecular formula is C31H41BINO8. The summed E-state index contributed by atoms with van der Waals surface area (Å²) in [5, 5.41) is 29.8. The number of aromatic hydroxyl groups is 1. The summed E-state index contributed by atoms with van der Waals surface area (Å²) in [4.78, 5) is 39.1. The second-order valence-electron chi connectivity index (χ2n) is 11.7. The molecule has 2 fully saturated rings. The van der Waals surface area contributed by atoms with Gasteiger partial charge in [0.1, 0.15) is 0 Å². The van der Waals surface area contributed by atoms with E-state index >= 15 is 0 Å². The van der Waals surface area contributed by atoms with Crippen molar-refractivity contribution in [2.75, 3.05) is 13.7 Å². The maximum Gasteiger partial charge on any atom is 0.455 e. The lowest BCUT2D eigenvalue weighted by Gasteiger charge is -2.42. The Bertz CT molecular complexity index is 1260. The van der Waals surface area contributed by atoms with Crippen molar-refractivity contribution in [3.8, 4) is 11.5 Å². The molecule has 1 aliphatic carbocycles. The number of allylic oxidation sites excluding steroid dienone is 2. The number of hydrogen-bond donors (Lipinski definition) is 3. The highest BCUT2D eigenvalue weighted by Gasteiger charge is 2.56. The van der Waals surface area contributed by atoms with Gasteiger partial charge < -0.3 is 24.6 Å². The Morgan fingerprint density at radius 3 is 2.62 bits per heavy atom. The number of unbranched alkanes of at least 4 members (excludes halogenated alkanes) is 2. The van der Waals surface area contributed by atoms with Crippen LogP contribution in [0.5, 0.6) is 11.5 Å². The van der Waals surface area contributed by atoms with Gasteiger partial charge in [0.25, 0.3) is 0 Å². The molecule has 42 heavy (non-hydrogen) atoms. The summed E-state index contributed by atoms with van der Waals surface area (Å²) in [6, 6.07) is 3.73. The van der Waals surface area contributed by atoms with Crippen LogP contribution in [-0.2, 0) is 19.0 Å². The van der Waals surface area contributed by atoms with Crippen LogP contribution in [0.4, 0.5) is 0 Å². The monoisotopic (exact) mass is 693 g/mol. The zero-order valence-electron chi connectivity index (χ0n) is 24.6. The minimum Gasteiger partial charge on any atom is -0.504 e. The van der Waals surface area contributed by atoms with Crippen LogP contribution < -0.4 is 4.74 Å². The molecule has 1 aromatic carbocycles. The van der Waals surface area contributed by atoms with Gasteiger partial charge in [-0.05, 0) is 104 Å². The molecule has 0 saturated carbocycles. The quantitative estimate of drug-likeness (QED) is 0.0820. The van der Waals surface area contributed by atoms with Crippen LogP contribution >= 0.6 is 22.6 Å². The molecule has 0 unspecified atom stereocenters. The van der Waals surface area contributed by atoms with Crippen LogP contribution in [0.3, 0.4) is 0 Å². The van der Waals surface area contributed by atoms with Gasteiger partial charge in [0.15, 0.2) is 11.5 Å². The molecule has 228 valence electrons. The minimum absolute atomic E-state index is 0.0819. The molecule has 1 aromatic rings. The van der Waals surface area contributed by atoms with Gasteiger partial charge in [0.2, 0.25) is 11.8 Å². The van der Waals surface area contributed by atoms with Gasteiger partial charge in [-0.1, -0.05) is 37.0 Å². The normalized spacial score (nSPS) is 24.3. The highest BCUT2D eigenvalue weighted by molar-refractivity contribution is 14.1. The number of carbonyl (C=O) groups excluding carboxylic acids is 2. The van der Waals surface area contributed by atoms with Crippen LogP contribution in [0.2, 0.25) is 6.32 Å². The molecule has 11 heteroatoms. The fourth-order valence-electron chi connectivity index (χ4n) is 6.90. The molecule has 3 aliphatic rings. The molecule has 0 radical (unpaired) electrons. The maximum absolute atomic E-state index is 13.6. The SMILES string of the molecule is CCC/C(=C\c1cc(I)c(O)c(OC)c1)CC[C@H]1OB(O)C[C@H]2C1=C(C)C[C@H]1C(=O)N(CCCCCC(=O)O)C(=O)[C@H]12. The number of hydrogen-bond acceptors (Lipinski definition) is 7. The Hall–Kier alpha value is -2.38. The van der Waals surface area contributed by atoms with Crippen molar-refractivity contribution in [3.05, 3.63) is 38.0 Å². The molecule has 4 atom stereocenters. The molecule has 2 amide bonds. The standard InChI is InChI=1S/C31H41BINO8/c1-4-8-19(14-20-15-23(33)29(37)25(16-20)41-3)10-11-24-27-18(2)13-21-28(22(27)17-32(40)42-24)31(39)34(30(21)38)12-7-5-6-9-26(35)36/h14-16,21-22,24,28,37,40H,4-13,17H2,1-3H3,(H,35,36)/b19-14+/t21-,22+,24-,28-/m1/s1. The molecule has 3 N–H and O–H groups in total. The van der Waals surface area contributed by atoms with E-state index in [9.17, 15) is 24.5 Å². The summed E-state index contributed by atoms with van der Waals surface area (Å²) in [5.41, 5.74) is 4.28. The number of halogens is 1. The van der Waals surface area contributed by atoms with Crippen LogP contribution in [0.25, 0.3) is 6.08 Å². The van der Waals surface area contributed by atoms with Crippen molar-refractivity contribution in [2.24, 2.45) is 17.8 Å². The number of methoxy groups -OCH3 is 1. The number of aliphatic carboxylic acids is 1. The van der Waals surface area contributed by atoms with Crippen LogP contribution in [0, 0.1) is 21.3 Å². The number of rotatable bonds is 13. The summed E-state index contributed by atoms with van der Waals surface area (Å²) in [7, 11) is 0.521. The highest BCUT2D eigenvalue weighted by Crippen LogP contribution is 2.50. The average molecular weight is 693 g/mol.